The minimum Gasteiger partial charge on any atom is -0.354 e. The molecular formula is C18H28N2O4S. The summed E-state index contributed by atoms with van der Waals surface area (Å²) in [4.78, 5) is 23.2. The number of nitrogens with one attached hydrogen (secondary N) is 1. The van der Waals surface area contributed by atoms with Crippen LogP contribution in [0.15, 0.2) is 29.2 Å². The molecule has 1 aromatic carbocycles. The Hall–Kier alpha value is -1.73. The second-order valence-corrected chi connectivity index (χ2v) is 8.31. The Morgan fingerprint density at radius 1 is 1.20 bits per heavy atom. The first-order valence-corrected chi connectivity index (χ1v) is 9.99. The van der Waals surface area contributed by atoms with E-state index in [0.29, 0.717) is 12.0 Å². The average Bonchev–Trinajstić information content (AvgIpc) is 2.54. The van der Waals surface area contributed by atoms with Crippen LogP contribution in [0.2, 0.25) is 0 Å². The lowest BCUT2D eigenvalue weighted by atomic mass is 10.2. The van der Waals surface area contributed by atoms with E-state index in [9.17, 15) is 18.0 Å². The summed E-state index contributed by atoms with van der Waals surface area (Å²) in [6.45, 7) is 5.71. The van der Waals surface area contributed by atoms with Gasteiger partial charge in [0.2, 0.25) is 15.9 Å². The third-order valence-electron chi connectivity index (χ3n) is 3.97. The van der Waals surface area contributed by atoms with Crippen LogP contribution < -0.4 is 5.32 Å². The molecule has 0 aliphatic heterocycles. The van der Waals surface area contributed by atoms with Gasteiger partial charge in [-0.15, -0.1) is 0 Å². The summed E-state index contributed by atoms with van der Waals surface area (Å²) in [6.07, 6.45) is 2.67. The largest absolute Gasteiger partial charge is 0.354 e. The SMILES string of the molecule is CCCC(C)NC(=O)CCCN(C)S(=O)(=O)c1ccc(C(C)=O)cc1. The number of amides is 1. The molecule has 0 saturated heterocycles. The van der Waals surface area contributed by atoms with Gasteiger partial charge in [-0.25, -0.2) is 12.7 Å². The summed E-state index contributed by atoms with van der Waals surface area (Å²) in [5, 5.41) is 2.90. The predicted molar refractivity (Wildman–Crippen MR) is 98.0 cm³/mol. The first-order valence-electron chi connectivity index (χ1n) is 8.55. The number of sulfonamides is 1. The normalized spacial score (nSPS) is 12.8. The van der Waals surface area contributed by atoms with Gasteiger partial charge < -0.3 is 5.32 Å². The molecule has 0 bridgehead atoms. The van der Waals surface area contributed by atoms with Crippen LogP contribution in [0, 0.1) is 0 Å². The second kappa shape index (κ2) is 9.68. The Morgan fingerprint density at radius 2 is 1.80 bits per heavy atom. The molecule has 7 heteroatoms. The summed E-state index contributed by atoms with van der Waals surface area (Å²) in [7, 11) is -2.13. The third kappa shape index (κ3) is 6.59. The van der Waals surface area contributed by atoms with E-state index in [-0.39, 0.29) is 35.6 Å². The number of hydrogen-bond acceptors (Lipinski definition) is 4. The summed E-state index contributed by atoms with van der Waals surface area (Å²) in [6, 6.07) is 6.01. The first kappa shape index (κ1) is 21.3. The van der Waals surface area contributed by atoms with Gasteiger partial charge in [-0.3, -0.25) is 9.59 Å². The molecule has 1 amide bonds. The molecule has 1 aromatic rings. The number of Topliss-reactive ketones (excluding diaryl/α,β-unsaturated/α-hetero) is 1. The Labute approximate surface area is 150 Å². The fourth-order valence-corrected chi connectivity index (χ4v) is 3.69. The lowest BCUT2D eigenvalue weighted by molar-refractivity contribution is -0.121. The third-order valence-corrected chi connectivity index (χ3v) is 5.85. The molecule has 0 spiro atoms. The van der Waals surface area contributed by atoms with Crippen LogP contribution in [0.25, 0.3) is 0 Å². The van der Waals surface area contributed by atoms with Crippen LogP contribution >= 0.6 is 0 Å². The summed E-state index contributed by atoms with van der Waals surface area (Å²) >= 11 is 0. The van der Waals surface area contributed by atoms with Crippen LogP contribution in [0.4, 0.5) is 0 Å². The van der Waals surface area contributed by atoms with Crippen molar-refractivity contribution in [2.45, 2.75) is 57.4 Å². The highest BCUT2D eigenvalue weighted by molar-refractivity contribution is 7.89. The summed E-state index contributed by atoms with van der Waals surface area (Å²) in [5.41, 5.74) is 0.472. The Kier molecular flexibility index (Phi) is 8.25. The minimum absolute atomic E-state index is 0.0578. The van der Waals surface area contributed by atoms with Gasteiger partial charge in [-0.1, -0.05) is 25.5 Å². The van der Waals surface area contributed by atoms with Crippen molar-refractivity contribution in [1.29, 1.82) is 0 Å². The number of nitrogens with zero attached hydrogens (tertiary/aromatic N) is 1. The van der Waals surface area contributed by atoms with Crippen LogP contribution in [0.5, 0.6) is 0 Å². The van der Waals surface area contributed by atoms with Gasteiger partial charge in [0, 0.05) is 31.6 Å². The van der Waals surface area contributed by atoms with E-state index >= 15 is 0 Å². The molecule has 1 rings (SSSR count). The zero-order chi connectivity index (χ0) is 19.0. The van der Waals surface area contributed by atoms with Crippen molar-refractivity contribution in [3.8, 4) is 0 Å². The highest BCUT2D eigenvalue weighted by Gasteiger charge is 2.20. The molecule has 0 radical (unpaired) electrons. The molecule has 0 aliphatic rings. The van der Waals surface area contributed by atoms with Crippen molar-refractivity contribution in [3.05, 3.63) is 29.8 Å². The zero-order valence-corrected chi connectivity index (χ0v) is 16.2. The smallest absolute Gasteiger partial charge is 0.242 e. The molecule has 1 N–H and O–H groups in total. The van der Waals surface area contributed by atoms with Gasteiger partial charge in [0.05, 0.1) is 4.90 Å². The van der Waals surface area contributed by atoms with Crippen molar-refractivity contribution in [2.75, 3.05) is 13.6 Å². The van der Waals surface area contributed by atoms with E-state index in [0.717, 1.165) is 12.8 Å². The fourth-order valence-electron chi connectivity index (χ4n) is 2.48. The van der Waals surface area contributed by atoms with Crippen LogP contribution in [0.1, 0.15) is 56.8 Å². The van der Waals surface area contributed by atoms with E-state index in [1.165, 1.54) is 42.5 Å². The van der Waals surface area contributed by atoms with Crippen molar-refractivity contribution >= 4 is 21.7 Å². The molecule has 1 unspecified atom stereocenters. The molecular weight excluding hydrogens is 340 g/mol. The molecule has 0 aliphatic carbocycles. The lowest BCUT2D eigenvalue weighted by Gasteiger charge is -2.18. The Balaban J connectivity index is 2.56. The molecule has 0 saturated carbocycles. The van der Waals surface area contributed by atoms with Gasteiger partial charge >= 0.3 is 0 Å². The Bertz CT molecular complexity index is 684. The minimum atomic E-state index is -3.62. The maximum Gasteiger partial charge on any atom is 0.242 e. The Morgan fingerprint density at radius 3 is 2.32 bits per heavy atom. The molecule has 1 atom stereocenters. The molecule has 0 heterocycles. The number of ketones is 1. The van der Waals surface area contributed by atoms with Gasteiger partial charge in [0.15, 0.2) is 5.78 Å². The highest BCUT2D eigenvalue weighted by atomic mass is 32.2. The number of hydrogen-bond donors (Lipinski definition) is 1. The van der Waals surface area contributed by atoms with E-state index in [4.69, 9.17) is 0 Å². The van der Waals surface area contributed by atoms with Crippen LogP contribution in [0.3, 0.4) is 0 Å². The number of rotatable bonds is 10. The van der Waals surface area contributed by atoms with Gasteiger partial charge in [-0.2, -0.15) is 0 Å². The van der Waals surface area contributed by atoms with Crippen molar-refractivity contribution < 1.29 is 18.0 Å². The van der Waals surface area contributed by atoms with Crippen molar-refractivity contribution in [1.82, 2.24) is 9.62 Å². The summed E-state index contributed by atoms with van der Waals surface area (Å²) in [5.74, 6) is -0.168. The molecule has 0 aromatic heterocycles. The van der Waals surface area contributed by atoms with Gasteiger partial charge in [0.1, 0.15) is 0 Å². The zero-order valence-electron chi connectivity index (χ0n) is 15.4. The lowest BCUT2D eigenvalue weighted by Crippen LogP contribution is -2.33. The van der Waals surface area contributed by atoms with E-state index in [1.54, 1.807) is 0 Å². The maximum atomic E-state index is 12.5. The molecule has 140 valence electrons. The predicted octanol–water partition coefficient (Wildman–Crippen LogP) is 2.59. The number of carbonyl (C=O) groups excluding carboxylic acids is 2. The van der Waals surface area contributed by atoms with Crippen LogP contribution in [-0.4, -0.2) is 44.0 Å². The fraction of sp³-hybridized carbons (Fsp3) is 0.556. The number of benzene rings is 1. The van der Waals surface area contributed by atoms with E-state index in [1.807, 2.05) is 6.92 Å². The van der Waals surface area contributed by atoms with Crippen molar-refractivity contribution in [2.24, 2.45) is 0 Å². The van der Waals surface area contributed by atoms with E-state index in [2.05, 4.69) is 12.2 Å². The van der Waals surface area contributed by atoms with Gasteiger partial charge in [-0.05, 0) is 38.8 Å². The molecule has 25 heavy (non-hydrogen) atoms. The van der Waals surface area contributed by atoms with Gasteiger partial charge in [0.25, 0.3) is 0 Å². The van der Waals surface area contributed by atoms with E-state index < -0.39 is 10.0 Å². The highest BCUT2D eigenvalue weighted by Crippen LogP contribution is 2.16. The quantitative estimate of drug-likeness (QED) is 0.644. The van der Waals surface area contributed by atoms with Crippen LogP contribution in [-0.2, 0) is 14.8 Å². The standard InChI is InChI=1S/C18H28N2O4S/c1-5-7-14(2)19-18(22)8-6-13-20(4)25(23,24)17-11-9-16(10-12-17)15(3)21/h9-12,14H,5-8,13H2,1-4H3,(H,19,22). The maximum absolute atomic E-state index is 12.5. The molecule has 0 fully saturated rings. The number of carbonyl (C=O) groups is 2. The molecule has 6 nitrogen and oxygen atoms in total. The van der Waals surface area contributed by atoms with Crippen molar-refractivity contribution in [3.63, 3.8) is 0 Å². The topological polar surface area (TPSA) is 83.6 Å². The summed E-state index contributed by atoms with van der Waals surface area (Å²) < 4.78 is 26.2. The average molecular weight is 368 g/mol. The first-order chi connectivity index (χ1) is 11.7. The second-order valence-electron chi connectivity index (χ2n) is 6.27. The monoisotopic (exact) mass is 368 g/mol.